The molecule has 0 bridgehead atoms. The third-order valence-corrected chi connectivity index (χ3v) is 3.70. The summed E-state index contributed by atoms with van der Waals surface area (Å²) in [5.74, 6) is 0.285. The Balaban J connectivity index is 1.56. The summed E-state index contributed by atoms with van der Waals surface area (Å²) in [5, 5.41) is 0. The fraction of sp³-hybridized carbons (Fsp3) is 0.278. The number of amides is 1. The quantitative estimate of drug-likeness (QED) is 0.871. The van der Waals surface area contributed by atoms with Crippen molar-refractivity contribution in [2.24, 2.45) is 0 Å². The van der Waals surface area contributed by atoms with Gasteiger partial charge >= 0.3 is 0 Å². The molecule has 3 rings (SSSR count). The molecule has 0 unspecified atom stereocenters. The summed E-state index contributed by atoms with van der Waals surface area (Å²) in [6, 6.07) is 15.0. The van der Waals surface area contributed by atoms with Gasteiger partial charge in [0.1, 0.15) is 24.3 Å². The number of ether oxygens (including phenoxy) is 2. The van der Waals surface area contributed by atoms with Gasteiger partial charge in [0.15, 0.2) is 0 Å². The van der Waals surface area contributed by atoms with Crippen molar-refractivity contribution in [1.29, 1.82) is 0 Å². The first-order valence-electron chi connectivity index (χ1n) is 7.56. The van der Waals surface area contributed by atoms with Crippen molar-refractivity contribution in [1.82, 2.24) is 4.90 Å². The highest BCUT2D eigenvalue weighted by Gasteiger charge is 2.25. The summed E-state index contributed by atoms with van der Waals surface area (Å²) in [6.45, 7) is 1.86. The zero-order valence-corrected chi connectivity index (χ0v) is 12.7. The molecule has 0 aromatic heterocycles. The molecular formula is C18H18FNO3. The molecule has 0 saturated carbocycles. The molecule has 0 aliphatic carbocycles. The normalized spacial score (nSPS) is 17.8. The van der Waals surface area contributed by atoms with Crippen molar-refractivity contribution in [2.75, 3.05) is 26.3 Å². The van der Waals surface area contributed by atoms with Crippen LogP contribution >= 0.6 is 0 Å². The first-order chi connectivity index (χ1) is 11.2. The monoisotopic (exact) mass is 315 g/mol. The number of hydrogen-bond acceptors (Lipinski definition) is 3. The Labute approximate surface area is 134 Å². The zero-order valence-electron chi connectivity index (χ0n) is 12.7. The maximum Gasteiger partial charge on any atom is 0.254 e. The SMILES string of the molecule is O=C(c1ccccc1)N1CCO[C@@H](COc2ccc(F)cc2)C1. The van der Waals surface area contributed by atoms with Gasteiger partial charge in [0.25, 0.3) is 5.91 Å². The molecule has 1 aliphatic heterocycles. The second-order valence-corrected chi connectivity index (χ2v) is 5.37. The van der Waals surface area contributed by atoms with E-state index in [4.69, 9.17) is 9.47 Å². The maximum atomic E-state index is 12.9. The Morgan fingerprint density at radius 1 is 1.17 bits per heavy atom. The van der Waals surface area contributed by atoms with Crippen LogP contribution in [0.2, 0.25) is 0 Å². The largest absolute Gasteiger partial charge is 0.491 e. The number of benzene rings is 2. The molecule has 2 aromatic carbocycles. The lowest BCUT2D eigenvalue weighted by atomic mass is 10.2. The summed E-state index contributed by atoms with van der Waals surface area (Å²) in [4.78, 5) is 14.2. The minimum Gasteiger partial charge on any atom is -0.491 e. The van der Waals surface area contributed by atoms with Crippen molar-refractivity contribution < 1.29 is 18.7 Å². The average molecular weight is 315 g/mol. The van der Waals surface area contributed by atoms with E-state index in [2.05, 4.69) is 0 Å². The molecule has 5 heteroatoms. The van der Waals surface area contributed by atoms with Crippen LogP contribution in [0.4, 0.5) is 4.39 Å². The Morgan fingerprint density at radius 2 is 1.91 bits per heavy atom. The van der Waals surface area contributed by atoms with Crippen LogP contribution in [0.25, 0.3) is 0 Å². The molecule has 23 heavy (non-hydrogen) atoms. The lowest BCUT2D eigenvalue weighted by Crippen LogP contribution is -2.47. The first-order valence-corrected chi connectivity index (χ1v) is 7.56. The van der Waals surface area contributed by atoms with Crippen LogP contribution in [0.15, 0.2) is 54.6 Å². The fourth-order valence-electron chi connectivity index (χ4n) is 2.49. The van der Waals surface area contributed by atoms with Crippen LogP contribution in [0, 0.1) is 5.82 Å². The molecule has 4 nitrogen and oxygen atoms in total. The summed E-state index contributed by atoms with van der Waals surface area (Å²) in [6.07, 6.45) is -0.193. The molecule has 0 N–H and O–H groups in total. The highest BCUT2D eigenvalue weighted by Crippen LogP contribution is 2.14. The predicted molar refractivity (Wildman–Crippen MR) is 84.0 cm³/mol. The number of nitrogens with zero attached hydrogens (tertiary/aromatic N) is 1. The van der Waals surface area contributed by atoms with Gasteiger partial charge in [-0.1, -0.05) is 18.2 Å². The summed E-state index contributed by atoms with van der Waals surface area (Å²) in [7, 11) is 0. The van der Waals surface area contributed by atoms with Crippen molar-refractivity contribution in [3.05, 3.63) is 66.0 Å². The number of carbonyl (C=O) groups excluding carboxylic acids is 1. The number of carbonyl (C=O) groups is 1. The van der Waals surface area contributed by atoms with Crippen LogP contribution in [0.1, 0.15) is 10.4 Å². The number of morpholine rings is 1. The standard InChI is InChI=1S/C18H18FNO3/c19-15-6-8-16(9-7-15)23-13-17-12-20(10-11-22-17)18(21)14-4-2-1-3-5-14/h1-9,17H,10-13H2/t17-/m1/s1. The van der Waals surface area contributed by atoms with Gasteiger partial charge in [0.05, 0.1) is 13.2 Å². The number of rotatable bonds is 4. The third-order valence-electron chi connectivity index (χ3n) is 3.70. The summed E-state index contributed by atoms with van der Waals surface area (Å²) < 4.78 is 24.1. The van der Waals surface area contributed by atoms with Crippen molar-refractivity contribution in [2.45, 2.75) is 6.10 Å². The van der Waals surface area contributed by atoms with E-state index in [9.17, 15) is 9.18 Å². The summed E-state index contributed by atoms with van der Waals surface area (Å²) >= 11 is 0. The zero-order chi connectivity index (χ0) is 16.1. The molecular weight excluding hydrogens is 297 g/mol. The molecule has 1 amide bonds. The van der Waals surface area contributed by atoms with Crippen LogP contribution in [-0.4, -0.2) is 43.2 Å². The van der Waals surface area contributed by atoms with E-state index >= 15 is 0 Å². The van der Waals surface area contributed by atoms with Gasteiger partial charge in [-0.2, -0.15) is 0 Å². The lowest BCUT2D eigenvalue weighted by Gasteiger charge is -2.32. The Hall–Kier alpha value is -2.40. The minimum absolute atomic E-state index is 0.000632. The molecule has 0 radical (unpaired) electrons. The molecule has 1 heterocycles. The first kappa shape index (κ1) is 15.5. The predicted octanol–water partition coefficient (Wildman–Crippen LogP) is 2.75. The van der Waals surface area contributed by atoms with Gasteiger partial charge in [0.2, 0.25) is 0 Å². The molecule has 1 fully saturated rings. The van der Waals surface area contributed by atoms with E-state index in [-0.39, 0.29) is 17.8 Å². The van der Waals surface area contributed by atoms with Crippen molar-refractivity contribution in [3.8, 4) is 5.75 Å². The van der Waals surface area contributed by atoms with Crippen molar-refractivity contribution >= 4 is 5.91 Å². The highest BCUT2D eigenvalue weighted by molar-refractivity contribution is 5.94. The average Bonchev–Trinajstić information content (AvgIpc) is 2.61. The van der Waals surface area contributed by atoms with Gasteiger partial charge < -0.3 is 14.4 Å². The van der Waals surface area contributed by atoms with Crippen LogP contribution in [0.3, 0.4) is 0 Å². The van der Waals surface area contributed by atoms with Crippen LogP contribution in [-0.2, 0) is 4.74 Å². The van der Waals surface area contributed by atoms with Gasteiger partial charge in [-0.25, -0.2) is 4.39 Å². The van der Waals surface area contributed by atoms with E-state index in [1.54, 1.807) is 17.0 Å². The van der Waals surface area contributed by atoms with Crippen LogP contribution < -0.4 is 4.74 Å². The fourth-order valence-corrected chi connectivity index (χ4v) is 2.49. The smallest absolute Gasteiger partial charge is 0.254 e. The molecule has 1 atom stereocenters. The van der Waals surface area contributed by atoms with Gasteiger partial charge in [-0.3, -0.25) is 4.79 Å². The van der Waals surface area contributed by atoms with Crippen LogP contribution in [0.5, 0.6) is 5.75 Å². The van der Waals surface area contributed by atoms with Gasteiger partial charge in [0, 0.05) is 12.1 Å². The third kappa shape index (κ3) is 4.07. The van der Waals surface area contributed by atoms with E-state index in [1.807, 2.05) is 30.3 Å². The number of hydrogen-bond donors (Lipinski definition) is 0. The number of halogens is 1. The minimum atomic E-state index is -0.300. The second kappa shape index (κ2) is 7.24. The topological polar surface area (TPSA) is 38.8 Å². The second-order valence-electron chi connectivity index (χ2n) is 5.37. The lowest BCUT2D eigenvalue weighted by molar-refractivity contribution is -0.0401. The maximum absolute atomic E-state index is 12.9. The Bertz CT molecular complexity index is 645. The highest BCUT2D eigenvalue weighted by atomic mass is 19.1. The molecule has 1 saturated heterocycles. The Morgan fingerprint density at radius 3 is 2.65 bits per heavy atom. The Kier molecular flexibility index (Phi) is 4.88. The van der Waals surface area contributed by atoms with E-state index in [1.165, 1.54) is 12.1 Å². The molecule has 120 valence electrons. The van der Waals surface area contributed by atoms with Gasteiger partial charge in [-0.05, 0) is 36.4 Å². The molecule has 0 spiro atoms. The molecule has 2 aromatic rings. The summed E-state index contributed by atoms with van der Waals surface area (Å²) in [5.41, 5.74) is 0.674. The molecule has 1 aliphatic rings. The van der Waals surface area contributed by atoms with Crippen molar-refractivity contribution in [3.63, 3.8) is 0 Å². The van der Waals surface area contributed by atoms with E-state index in [0.717, 1.165) is 0 Å². The van der Waals surface area contributed by atoms with Gasteiger partial charge in [-0.15, -0.1) is 0 Å². The van der Waals surface area contributed by atoms with E-state index in [0.29, 0.717) is 37.6 Å². The van der Waals surface area contributed by atoms with E-state index < -0.39 is 0 Å².